The first-order valence-corrected chi connectivity index (χ1v) is 5.37. The van der Waals surface area contributed by atoms with Crippen LogP contribution in [0.4, 0.5) is 5.69 Å². The number of furan rings is 1. The summed E-state index contributed by atoms with van der Waals surface area (Å²) in [7, 11) is 0. The van der Waals surface area contributed by atoms with E-state index in [-0.39, 0.29) is 6.04 Å². The van der Waals surface area contributed by atoms with Gasteiger partial charge in [0.2, 0.25) is 0 Å². The molecule has 1 aromatic heterocycles. The van der Waals surface area contributed by atoms with Crippen LogP contribution in [0.25, 0.3) is 0 Å². The zero-order chi connectivity index (χ0) is 11.4. The van der Waals surface area contributed by atoms with Gasteiger partial charge in [-0.25, -0.2) is 0 Å². The van der Waals surface area contributed by atoms with Crippen molar-refractivity contribution in [2.24, 2.45) is 5.73 Å². The summed E-state index contributed by atoms with van der Waals surface area (Å²) < 4.78 is 5.36. The molecule has 2 rings (SSSR count). The van der Waals surface area contributed by atoms with Crippen LogP contribution >= 0.6 is 0 Å². The fourth-order valence-electron chi connectivity index (χ4n) is 1.66. The normalized spacial score (nSPS) is 12.4. The molecule has 0 saturated carbocycles. The number of aryl methyl sites for hydroxylation is 1. The summed E-state index contributed by atoms with van der Waals surface area (Å²) in [6, 6.07) is 12.0. The van der Waals surface area contributed by atoms with Crippen molar-refractivity contribution in [3.8, 4) is 0 Å². The van der Waals surface area contributed by atoms with Gasteiger partial charge in [-0.15, -0.1) is 0 Å². The molecule has 1 heterocycles. The van der Waals surface area contributed by atoms with Gasteiger partial charge < -0.3 is 15.5 Å². The number of rotatable bonds is 4. The van der Waals surface area contributed by atoms with E-state index in [9.17, 15) is 0 Å². The van der Waals surface area contributed by atoms with Crippen molar-refractivity contribution in [3.63, 3.8) is 0 Å². The third kappa shape index (κ3) is 2.25. The summed E-state index contributed by atoms with van der Waals surface area (Å²) in [5, 5.41) is 3.38. The van der Waals surface area contributed by atoms with Crippen molar-refractivity contribution in [3.05, 3.63) is 54.0 Å². The van der Waals surface area contributed by atoms with Crippen LogP contribution in [-0.4, -0.2) is 6.54 Å². The van der Waals surface area contributed by atoms with Crippen molar-refractivity contribution >= 4 is 5.69 Å². The molecule has 1 unspecified atom stereocenters. The van der Waals surface area contributed by atoms with Gasteiger partial charge in [-0.05, 0) is 30.7 Å². The fourth-order valence-corrected chi connectivity index (χ4v) is 1.66. The topological polar surface area (TPSA) is 51.2 Å². The number of benzene rings is 1. The summed E-state index contributed by atoms with van der Waals surface area (Å²) >= 11 is 0. The minimum atomic E-state index is 0.0242. The molecule has 84 valence electrons. The standard InChI is InChI=1S/C13H16N2O/c1-10-5-2-3-6-11(10)15-12(9-14)13-7-4-8-16-13/h2-8,12,15H,9,14H2,1H3. The van der Waals surface area contributed by atoms with Gasteiger partial charge in [0.1, 0.15) is 5.76 Å². The van der Waals surface area contributed by atoms with Crippen molar-refractivity contribution in [1.29, 1.82) is 0 Å². The maximum absolute atomic E-state index is 5.74. The number of nitrogens with two attached hydrogens (primary N) is 1. The van der Waals surface area contributed by atoms with Crippen LogP contribution in [0.1, 0.15) is 17.4 Å². The maximum atomic E-state index is 5.74. The Bertz CT molecular complexity index is 437. The zero-order valence-electron chi connectivity index (χ0n) is 9.31. The minimum Gasteiger partial charge on any atom is -0.467 e. The molecule has 0 amide bonds. The van der Waals surface area contributed by atoms with E-state index in [0.717, 1.165) is 11.4 Å². The van der Waals surface area contributed by atoms with Crippen LogP contribution in [0.2, 0.25) is 0 Å². The minimum absolute atomic E-state index is 0.0242. The molecule has 3 heteroatoms. The molecule has 0 radical (unpaired) electrons. The Morgan fingerprint density at radius 1 is 1.25 bits per heavy atom. The summed E-state index contributed by atoms with van der Waals surface area (Å²) in [4.78, 5) is 0. The highest BCUT2D eigenvalue weighted by Gasteiger charge is 2.12. The molecule has 0 aliphatic carbocycles. The molecule has 3 N–H and O–H groups in total. The smallest absolute Gasteiger partial charge is 0.127 e. The molecule has 1 atom stereocenters. The Labute approximate surface area is 95.3 Å². The molecule has 2 aromatic rings. The van der Waals surface area contributed by atoms with Crippen molar-refractivity contribution in [2.45, 2.75) is 13.0 Å². The lowest BCUT2D eigenvalue weighted by Crippen LogP contribution is -2.20. The molecule has 0 bridgehead atoms. The molecule has 1 aromatic carbocycles. The van der Waals surface area contributed by atoms with Crippen LogP contribution < -0.4 is 11.1 Å². The van der Waals surface area contributed by atoms with Gasteiger partial charge in [0.15, 0.2) is 0 Å². The predicted octanol–water partition coefficient (Wildman–Crippen LogP) is 2.70. The third-order valence-electron chi connectivity index (χ3n) is 2.60. The molecular weight excluding hydrogens is 200 g/mol. The van der Waals surface area contributed by atoms with Gasteiger partial charge in [-0.2, -0.15) is 0 Å². The lowest BCUT2D eigenvalue weighted by atomic mass is 10.1. The van der Waals surface area contributed by atoms with Gasteiger partial charge >= 0.3 is 0 Å². The van der Waals surface area contributed by atoms with E-state index in [1.54, 1.807) is 6.26 Å². The van der Waals surface area contributed by atoms with Gasteiger partial charge in [0.25, 0.3) is 0 Å². The number of nitrogens with one attached hydrogen (secondary N) is 1. The van der Waals surface area contributed by atoms with E-state index in [4.69, 9.17) is 10.2 Å². The second kappa shape index (κ2) is 4.86. The first-order valence-electron chi connectivity index (χ1n) is 5.37. The highest BCUT2D eigenvalue weighted by Crippen LogP contribution is 2.21. The van der Waals surface area contributed by atoms with E-state index in [1.165, 1.54) is 5.56 Å². The average Bonchev–Trinajstić information content (AvgIpc) is 2.81. The summed E-state index contributed by atoms with van der Waals surface area (Å²) in [6.45, 7) is 2.57. The highest BCUT2D eigenvalue weighted by atomic mass is 16.3. The van der Waals surface area contributed by atoms with Crippen molar-refractivity contribution < 1.29 is 4.42 Å². The summed E-state index contributed by atoms with van der Waals surface area (Å²) in [5.74, 6) is 0.866. The number of anilines is 1. The van der Waals surface area contributed by atoms with Gasteiger partial charge in [0.05, 0.1) is 12.3 Å². The monoisotopic (exact) mass is 216 g/mol. The highest BCUT2D eigenvalue weighted by molar-refractivity contribution is 5.51. The average molecular weight is 216 g/mol. The molecule has 0 spiro atoms. The van der Waals surface area contributed by atoms with E-state index in [0.29, 0.717) is 6.54 Å². The second-order valence-corrected chi connectivity index (χ2v) is 3.76. The van der Waals surface area contributed by atoms with Gasteiger partial charge in [-0.3, -0.25) is 0 Å². The second-order valence-electron chi connectivity index (χ2n) is 3.76. The Morgan fingerprint density at radius 3 is 2.69 bits per heavy atom. The largest absolute Gasteiger partial charge is 0.467 e. The molecule has 3 nitrogen and oxygen atoms in total. The predicted molar refractivity (Wildman–Crippen MR) is 65.3 cm³/mol. The molecule has 0 saturated heterocycles. The molecule has 0 fully saturated rings. The quantitative estimate of drug-likeness (QED) is 0.826. The molecule has 16 heavy (non-hydrogen) atoms. The lowest BCUT2D eigenvalue weighted by molar-refractivity contribution is 0.481. The Kier molecular flexibility index (Phi) is 3.27. The van der Waals surface area contributed by atoms with Crippen LogP contribution in [0, 0.1) is 6.92 Å². The summed E-state index contributed by atoms with van der Waals surface area (Å²) in [6.07, 6.45) is 1.66. The number of para-hydroxylation sites is 1. The van der Waals surface area contributed by atoms with Crippen molar-refractivity contribution in [2.75, 3.05) is 11.9 Å². The van der Waals surface area contributed by atoms with Crippen LogP contribution in [0.5, 0.6) is 0 Å². The summed E-state index contributed by atoms with van der Waals surface area (Å²) in [5.41, 5.74) is 8.03. The number of hydrogen-bond donors (Lipinski definition) is 2. The SMILES string of the molecule is Cc1ccccc1NC(CN)c1ccco1. The van der Waals surface area contributed by atoms with Crippen LogP contribution in [0.3, 0.4) is 0 Å². The Morgan fingerprint density at radius 2 is 2.06 bits per heavy atom. The molecular formula is C13H16N2O. The Balaban J connectivity index is 2.17. The first kappa shape index (κ1) is 10.8. The fraction of sp³-hybridized carbons (Fsp3) is 0.231. The number of hydrogen-bond acceptors (Lipinski definition) is 3. The Hall–Kier alpha value is -1.74. The third-order valence-corrected chi connectivity index (χ3v) is 2.60. The van der Waals surface area contributed by atoms with Gasteiger partial charge in [0, 0.05) is 12.2 Å². The van der Waals surface area contributed by atoms with Crippen LogP contribution in [0.15, 0.2) is 47.1 Å². The first-order chi connectivity index (χ1) is 7.81. The van der Waals surface area contributed by atoms with Crippen LogP contribution in [-0.2, 0) is 0 Å². The molecule has 0 aliphatic rings. The van der Waals surface area contributed by atoms with E-state index < -0.39 is 0 Å². The van der Waals surface area contributed by atoms with E-state index in [1.807, 2.05) is 30.3 Å². The zero-order valence-corrected chi connectivity index (χ0v) is 9.31. The van der Waals surface area contributed by atoms with Gasteiger partial charge in [-0.1, -0.05) is 18.2 Å². The molecule has 0 aliphatic heterocycles. The van der Waals surface area contributed by atoms with E-state index in [2.05, 4.69) is 18.3 Å². The van der Waals surface area contributed by atoms with Crippen molar-refractivity contribution in [1.82, 2.24) is 0 Å². The lowest BCUT2D eigenvalue weighted by Gasteiger charge is -2.17. The maximum Gasteiger partial charge on any atom is 0.127 e. The van der Waals surface area contributed by atoms with E-state index >= 15 is 0 Å².